The largest absolute Gasteiger partial charge is 0.507 e. The van der Waals surface area contributed by atoms with E-state index in [1.165, 1.54) is 31.8 Å². The van der Waals surface area contributed by atoms with E-state index in [1.807, 2.05) is 0 Å². The molecule has 3 heterocycles. The second-order valence-electron chi connectivity index (χ2n) is 8.61. The summed E-state index contributed by atoms with van der Waals surface area (Å²) in [5, 5.41) is 11.3. The Morgan fingerprint density at radius 1 is 0.973 bits per heavy atom. The number of aromatic hydroxyl groups is 1. The summed E-state index contributed by atoms with van der Waals surface area (Å²) in [4.78, 5) is 39.4. The maximum absolute atomic E-state index is 13.5. The third-order valence-electron chi connectivity index (χ3n) is 6.51. The van der Waals surface area contributed by atoms with Crippen molar-refractivity contribution < 1.29 is 28.2 Å². The van der Waals surface area contributed by atoms with Gasteiger partial charge in [-0.25, -0.2) is 0 Å². The van der Waals surface area contributed by atoms with Crippen molar-refractivity contribution in [1.29, 1.82) is 0 Å². The molecule has 2 aromatic heterocycles. The minimum Gasteiger partial charge on any atom is -0.507 e. The zero-order valence-corrected chi connectivity index (χ0v) is 20.0. The Morgan fingerprint density at radius 3 is 2.51 bits per heavy atom. The van der Waals surface area contributed by atoms with Crippen molar-refractivity contribution in [2.75, 3.05) is 7.11 Å². The van der Waals surface area contributed by atoms with Crippen LogP contribution in [-0.2, 0) is 4.79 Å². The number of ether oxygens (including phenoxy) is 2. The first-order valence-electron chi connectivity index (χ1n) is 11.2. The molecule has 1 N–H and O–H groups in total. The standard InChI is InChI=1S/C28H17ClO8/c1-34-15-5-2-13(3-6-15)18-11-36-28-24-16(9-23(31)37-22(24)10-20(30)25(28)27(18)33)19-12-35-21-7-4-14(29)8-17(21)26(19)32/h2-8,10-12,16,30H,9H2,1H3/t16-/m0/s1. The minimum absolute atomic E-state index is 0.00260. The van der Waals surface area contributed by atoms with Gasteiger partial charge in [-0.3, -0.25) is 14.4 Å². The van der Waals surface area contributed by atoms with E-state index in [0.717, 1.165) is 0 Å². The van der Waals surface area contributed by atoms with Crippen molar-refractivity contribution in [3.05, 3.63) is 97.7 Å². The number of halogens is 1. The van der Waals surface area contributed by atoms with Crippen LogP contribution in [0.5, 0.6) is 17.2 Å². The molecular formula is C28H17ClO8. The Morgan fingerprint density at radius 2 is 1.76 bits per heavy atom. The van der Waals surface area contributed by atoms with Crippen LogP contribution in [0.4, 0.5) is 0 Å². The fraction of sp³-hybridized carbons (Fsp3) is 0.107. The Labute approximate surface area is 213 Å². The molecule has 5 aromatic rings. The molecule has 0 amide bonds. The van der Waals surface area contributed by atoms with Gasteiger partial charge in [0.1, 0.15) is 40.1 Å². The quantitative estimate of drug-likeness (QED) is 0.251. The van der Waals surface area contributed by atoms with Crippen molar-refractivity contribution in [2.45, 2.75) is 12.3 Å². The van der Waals surface area contributed by atoms with Crippen molar-refractivity contribution in [1.82, 2.24) is 0 Å². The molecule has 1 aliphatic heterocycles. The topological polar surface area (TPSA) is 116 Å². The summed E-state index contributed by atoms with van der Waals surface area (Å²) in [5.41, 5.74) is 0.718. The summed E-state index contributed by atoms with van der Waals surface area (Å²) in [7, 11) is 1.54. The number of benzene rings is 3. The van der Waals surface area contributed by atoms with E-state index in [4.69, 9.17) is 29.9 Å². The lowest BCUT2D eigenvalue weighted by Crippen LogP contribution is -2.25. The number of phenolic OH excluding ortho intramolecular Hbond substituents is 1. The number of phenols is 1. The Kier molecular flexibility index (Phi) is 5.27. The molecule has 8 nitrogen and oxygen atoms in total. The van der Waals surface area contributed by atoms with Crippen LogP contribution >= 0.6 is 11.6 Å². The molecule has 0 aliphatic carbocycles. The summed E-state index contributed by atoms with van der Waals surface area (Å²) in [6, 6.07) is 12.7. The van der Waals surface area contributed by atoms with E-state index in [9.17, 15) is 19.5 Å². The van der Waals surface area contributed by atoms with Gasteiger partial charge in [0.05, 0.1) is 30.7 Å². The average molecular weight is 517 g/mol. The summed E-state index contributed by atoms with van der Waals surface area (Å²) in [5.74, 6) is -1.26. The molecule has 0 spiro atoms. The van der Waals surface area contributed by atoms with E-state index in [0.29, 0.717) is 27.5 Å². The SMILES string of the molecule is COc1ccc(-c2coc3c4c(cc(O)c3c2=O)OC(=O)C[C@H]4c2coc3ccc(Cl)cc3c2=O)cc1. The highest BCUT2D eigenvalue weighted by molar-refractivity contribution is 6.31. The normalized spacial score (nSPS) is 15.0. The third-order valence-corrected chi connectivity index (χ3v) is 6.74. The minimum atomic E-state index is -0.853. The van der Waals surface area contributed by atoms with Gasteiger partial charge in [0, 0.05) is 28.1 Å². The zero-order valence-electron chi connectivity index (χ0n) is 19.2. The Hall–Kier alpha value is -4.56. The summed E-state index contributed by atoms with van der Waals surface area (Å²) in [6.07, 6.45) is 2.37. The van der Waals surface area contributed by atoms with Crippen molar-refractivity contribution in [2.24, 2.45) is 0 Å². The van der Waals surface area contributed by atoms with Crippen LogP contribution in [0.2, 0.25) is 5.02 Å². The highest BCUT2D eigenvalue weighted by Crippen LogP contribution is 2.45. The number of carbonyl (C=O) groups is 1. The molecule has 3 aromatic carbocycles. The van der Waals surface area contributed by atoms with Gasteiger partial charge in [0.15, 0.2) is 5.43 Å². The molecule has 0 unspecified atom stereocenters. The maximum Gasteiger partial charge on any atom is 0.312 e. The molecule has 0 saturated carbocycles. The number of fused-ring (bicyclic) bond motifs is 4. The van der Waals surface area contributed by atoms with Crippen molar-refractivity contribution in [3.8, 4) is 28.4 Å². The highest BCUT2D eigenvalue weighted by atomic mass is 35.5. The van der Waals surface area contributed by atoms with Crippen molar-refractivity contribution in [3.63, 3.8) is 0 Å². The number of hydrogen-bond acceptors (Lipinski definition) is 8. The molecule has 37 heavy (non-hydrogen) atoms. The molecule has 184 valence electrons. The Bertz CT molecular complexity index is 1850. The van der Waals surface area contributed by atoms with E-state index >= 15 is 0 Å². The zero-order chi connectivity index (χ0) is 25.8. The lowest BCUT2D eigenvalue weighted by Gasteiger charge is -2.25. The number of carbonyl (C=O) groups excluding carboxylic acids is 1. The van der Waals surface area contributed by atoms with Gasteiger partial charge in [-0.05, 0) is 35.9 Å². The van der Waals surface area contributed by atoms with Gasteiger partial charge in [0.2, 0.25) is 5.43 Å². The summed E-state index contributed by atoms with van der Waals surface area (Å²) in [6.45, 7) is 0. The van der Waals surface area contributed by atoms with Crippen LogP contribution in [0.15, 0.2) is 79.5 Å². The fourth-order valence-electron chi connectivity index (χ4n) is 4.73. The molecule has 0 saturated heterocycles. The lowest BCUT2D eigenvalue weighted by molar-refractivity contribution is -0.135. The molecule has 9 heteroatoms. The van der Waals surface area contributed by atoms with Gasteiger partial charge in [-0.1, -0.05) is 23.7 Å². The molecule has 1 atom stereocenters. The predicted octanol–water partition coefficient (Wildman–Crippen LogP) is 5.38. The van der Waals surface area contributed by atoms with Gasteiger partial charge < -0.3 is 23.4 Å². The first-order chi connectivity index (χ1) is 17.9. The van der Waals surface area contributed by atoms with Crippen LogP contribution in [0.3, 0.4) is 0 Å². The molecule has 6 rings (SSSR count). The van der Waals surface area contributed by atoms with E-state index < -0.39 is 23.1 Å². The lowest BCUT2D eigenvalue weighted by atomic mass is 9.85. The Balaban J connectivity index is 1.60. The number of hydrogen-bond donors (Lipinski definition) is 1. The van der Waals surface area contributed by atoms with Crippen LogP contribution in [0.1, 0.15) is 23.5 Å². The highest BCUT2D eigenvalue weighted by Gasteiger charge is 2.35. The van der Waals surface area contributed by atoms with Gasteiger partial charge in [-0.2, -0.15) is 0 Å². The van der Waals surface area contributed by atoms with Crippen LogP contribution in [-0.4, -0.2) is 18.2 Å². The molecular weight excluding hydrogens is 500 g/mol. The van der Waals surface area contributed by atoms with Gasteiger partial charge in [0.25, 0.3) is 0 Å². The van der Waals surface area contributed by atoms with E-state index in [1.54, 1.807) is 36.4 Å². The average Bonchev–Trinajstić information content (AvgIpc) is 2.89. The van der Waals surface area contributed by atoms with Crippen LogP contribution < -0.4 is 20.3 Å². The summed E-state index contributed by atoms with van der Waals surface area (Å²) < 4.78 is 22.1. The van der Waals surface area contributed by atoms with Gasteiger partial charge in [-0.15, -0.1) is 0 Å². The number of esters is 1. The van der Waals surface area contributed by atoms with E-state index in [2.05, 4.69) is 0 Å². The third kappa shape index (κ3) is 3.65. The predicted molar refractivity (Wildman–Crippen MR) is 136 cm³/mol. The van der Waals surface area contributed by atoms with Crippen LogP contribution in [0.25, 0.3) is 33.1 Å². The smallest absolute Gasteiger partial charge is 0.312 e. The number of methoxy groups -OCH3 is 1. The fourth-order valence-corrected chi connectivity index (χ4v) is 4.90. The molecule has 1 aliphatic rings. The first kappa shape index (κ1) is 22.9. The summed E-state index contributed by atoms with van der Waals surface area (Å²) >= 11 is 6.09. The van der Waals surface area contributed by atoms with Crippen molar-refractivity contribution >= 4 is 39.5 Å². The first-order valence-corrected chi connectivity index (χ1v) is 11.6. The van der Waals surface area contributed by atoms with Crippen LogP contribution in [0, 0.1) is 0 Å². The number of rotatable bonds is 3. The van der Waals surface area contributed by atoms with Gasteiger partial charge >= 0.3 is 5.97 Å². The molecule has 0 fully saturated rings. The second-order valence-corrected chi connectivity index (χ2v) is 9.05. The maximum atomic E-state index is 13.5. The molecule has 0 bridgehead atoms. The van der Waals surface area contributed by atoms with E-state index in [-0.39, 0.29) is 45.1 Å². The second kappa shape index (κ2) is 8.53. The monoisotopic (exact) mass is 516 g/mol. The molecule has 0 radical (unpaired) electrons.